The molecule has 15 heavy (non-hydrogen) atoms. The Morgan fingerprint density at radius 2 is 1.13 bits per heavy atom. The molecule has 0 saturated heterocycles. The summed E-state index contributed by atoms with van der Waals surface area (Å²) in [6, 6.07) is 2.26. The van der Waals surface area contributed by atoms with Crippen molar-refractivity contribution in [3.05, 3.63) is 0 Å². The Labute approximate surface area is 110 Å². The fraction of sp³-hybridized carbons (Fsp3) is 1.00. The van der Waals surface area contributed by atoms with Gasteiger partial charge in [0, 0.05) is 0 Å². The molecule has 88 valence electrons. The Bertz CT molecular complexity index is 406. The normalized spacial score (nSPS) is 17.2. The van der Waals surface area contributed by atoms with Gasteiger partial charge in [-0.05, 0) is 0 Å². The SMILES string of the molecule is CC(C)Np1[se]p2[se]p1[se]p2NC(C)C. The van der Waals surface area contributed by atoms with Crippen LogP contribution in [0.15, 0.2) is 0 Å². The molecule has 2 rings (SSSR count). The van der Waals surface area contributed by atoms with Gasteiger partial charge in [0.15, 0.2) is 0 Å². The number of rotatable bonds is 4. The van der Waals surface area contributed by atoms with Crippen LogP contribution in [0.4, 0.5) is 0 Å². The van der Waals surface area contributed by atoms with Gasteiger partial charge in [0.2, 0.25) is 0 Å². The molecule has 4 atom stereocenters. The molecule has 0 fully saturated rings. The minimum atomic E-state index is 0.388. The van der Waals surface area contributed by atoms with E-state index in [9.17, 15) is 0 Å². The second-order valence-electron chi connectivity index (χ2n) is 3.83. The molecular weight excluding hydrogens is 461 g/mol. The Morgan fingerprint density at radius 3 is 1.40 bits per heavy atom. The van der Waals surface area contributed by atoms with Crippen molar-refractivity contribution in [3.63, 3.8) is 0 Å². The standard InChI is InChI=1S/C6H16N2P4Se3/c1-5(2)7-9-11-14-10(8-6(3)4)12(13-9)15-11/h5-8H,1-4H3. The zero-order valence-electron chi connectivity index (χ0n) is 9.17. The third kappa shape index (κ3) is 3.82. The average molecular weight is 477 g/mol. The number of hydrogen-bond donors (Lipinski definition) is 2. The maximum absolute atomic E-state index is 3.90. The first-order valence-corrected chi connectivity index (χ1v) is 24.9. The predicted molar refractivity (Wildman–Crippen MR) is 83.1 cm³/mol. The first-order chi connectivity index (χ1) is 7.06. The van der Waals surface area contributed by atoms with Crippen LogP contribution in [-0.2, 0) is 0 Å². The summed E-state index contributed by atoms with van der Waals surface area (Å²) >= 11 is 3.23. The zero-order valence-corrected chi connectivity index (χ0v) is 17.9. The van der Waals surface area contributed by atoms with E-state index in [-0.39, 0.29) is 0 Å². The Balaban J connectivity index is 2.21. The molecule has 0 radical (unpaired) electrons. The summed E-state index contributed by atoms with van der Waals surface area (Å²) in [5, 5.41) is 7.80. The van der Waals surface area contributed by atoms with Crippen LogP contribution in [0.3, 0.4) is 0 Å². The van der Waals surface area contributed by atoms with Crippen LogP contribution in [0.25, 0.3) is 0 Å². The van der Waals surface area contributed by atoms with Gasteiger partial charge >= 0.3 is 111 Å². The fourth-order valence-corrected chi connectivity index (χ4v) is 225. The van der Waals surface area contributed by atoms with E-state index >= 15 is 0 Å². The number of nitrogens with one attached hydrogen (secondary N) is 2. The molecule has 0 spiro atoms. The van der Waals surface area contributed by atoms with Crippen molar-refractivity contribution in [1.82, 2.24) is 0 Å². The van der Waals surface area contributed by atoms with Crippen LogP contribution in [-0.4, -0.2) is 52.8 Å². The zero-order chi connectivity index (χ0) is 11.0. The third-order valence-corrected chi connectivity index (χ3v) is 111. The summed E-state index contributed by atoms with van der Waals surface area (Å²) in [6.45, 7) is 9.29. The van der Waals surface area contributed by atoms with Gasteiger partial charge in [-0.3, -0.25) is 0 Å². The molecule has 0 amide bonds. The van der Waals surface area contributed by atoms with Crippen molar-refractivity contribution in [1.29, 1.82) is 0 Å². The molecule has 2 N–H and O–H groups in total. The van der Waals surface area contributed by atoms with Crippen LogP contribution in [0, 0.1) is 0 Å². The third-order valence-electron chi connectivity index (χ3n) is 1.47. The van der Waals surface area contributed by atoms with Crippen molar-refractivity contribution in [2.75, 3.05) is 10.2 Å². The first-order valence-electron chi connectivity index (χ1n) is 4.83. The Hall–Kier alpha value is 2.68. The number of hydrogen-bond acceptors (Lipinski definition) is 2. The van der Waals surface area contributed by atoms with E-state index < -0.39 is 0 Å². The van der Waals surface area contributed by atoms with E-state index in [0.717, 1.165) is 52.8 Å². The van der Waals surface area contributed by atoms with E-state index in [1.54, 1.807) is 0 Å². The molecule has 4 unspecified atom stereocenters. The van der Waals surface area contributed by atoms with Crippen LogP contribution in [0.5, 0.6) is 0 Å². The van der Waals surface area contributed by atoms with Gasteiger partial charge in [0.1, 0.15) is 0 Å². The van der Waals surface area contributed by atoms with E-state index in [1.807, 2.05) is 0 Å². The second kappa shape index (κ2) is 6.22. The van der Waals surface area contributed by atoms with E-state index in [4.69, 9.17) is 0 Å². The van der Waals surface area contributed by atoms with Gasteiger partial charge in [-0.25, -0.2) is 0 Å². The van der Waals surface area contributed by atoms with Crippen LogP contribution < -0.4 is 10.2 Å². The molecule has 2 heterocycles. The van der Waals surface area contributed by atoms with Gasteiger partial charge in [0.25, 0.3) is 0 Å². The Kier molecular flexibility index (Phi) is 5.84. The average Bonchev–Trinajstić information content (AvgIpc) is 2.60. The fourth-order valence-electron chi connectivity index (χ4n) is 0.997. The monoisotopic (exact) mass is 480 g/mol. The molecular formula is C6H16N2P4Se3. The molecule has 0 aromatic carbocycles. The maximum atomic E-state index is 3.90. The summed E-state index contributed by atoms with van der Waals surface area (Å²) in [7, 11) is 0. The molecule has 2 aromatic heterocycles. The summed E-state index contributed by atoms with van der Waals surface area (Å²) < 4.78 is 1.13. The van der Waals surface area contributed by atoms with Crippen molar-refractivity contribution in [3.8, 4) is 0 Å². The summed E-state index contributed by atoms with van der Waals surface area (Å²) in [5.74, 6) is 0. The predicted octanol–water partition coefficient (Wildman–Crippen LogP) is 3.58. The van der Waals surface area contributed by atoms with Gasteiger partial charge in [0.05, 0.1) is 0 Å². The minimum absolute atomic E-state index is 0.388. The molecule has 0 aliphatic carbocycles. The van der Waals surface area contributed by atoms with Crippen LogP contribution >= 0.6 is 20.7 Å². The topological polar surface area (TPSA) is 24.1 Å². The van der Waals surface area contributed by atoms with Crippen LogP contribution in [0.1, 0.15) is 27.7 Å². The quantitative estimate of drug-likeness (QED) is 0.659. The number of fused-ring (bicyclic) bond motifs is 2. The molecule has 9 heteroatoms. The Morgan fingerprint density at radius 1 is 0.733 bits per heavy atom. The molecule has 2 aromatic rings. The van der Waals surface area contributed by atoms with E-state index in [1.165, 1.54) is 0 Å². The van der Waals surface area contributed by atoms with Crippen LogP contribution in [0.2, 0.25) is 0 Å². The van der Waals surface area contributed by atoms with Gasteiger partial charge in [-0.2, -0.15) is 0 Å². The molecule has 2 bridgehead atoms. The van der Waals surface area contributed by atoms with Crippen molar-refractivity contribution >= 4 is 61.5 Å². The van der Waals surface area contributed by atoms with Crippen molar-refractivity contribution in [2.45, 2.75) is 39.8 Å². The summed E-state index contributed by atoms with van der Waals surface area (Å²) in [4.78, 5) is 0. The van der Waals surface area contributed by atoms with E-state index in [2.05, 4.69) is 37.9 Å². The van der Waals surface area contributed by atoms with Gasteiger partial charge < -0.3 is 0 Å². The molecule has 0 aliphatic rings. The van der Waals surface area contributed by atoms with Gasteiger partial charge in [-0.1, -0.05) is 0 Å². The second-order valence-corrected chi connectivity index (χ2v) is 54.2. The first kappa shape index (κ1) is 14.1. The van der Waals surface area contributed by atoms with Crippen molar-refractivity contribution in [2.24, 2.45) is 0 Å². The molecule has 0 aliphatic heterocycles. The van der Waals surface area contributed by atoms with E-state index in [0.29, 0.717) is 20.7 Å². The van der Waals surface area contributed by atoms with Gasteiger partial charge in [-0.15, -0.1) is 0 Å². The molecule has 0 saturated carbocycles. The summed E-state index contributed by atoms with van der Waals surface area (Å²) in [5.41, 5.74) is 0. The summed E-state index contributed by atoms with van der Waals surface area (Å²) in [6.07, 6.45) is 0. The molecule has 2 nitrogen and oxygen atoms in total. The van der Waals surface area contributed by atoms with Crippen molar-refractivity contribution < 1.29 is 0 Å².